The van der Waals surface area contributed by atoms with Crippen LogP contribution in [0.3, 0.4) is 0 Å². The van der Waals surface area contributed by atoms with Crippen molar-refractivity contribution in [2.75, 3.05) is 25.4 Å². The molecule has 2 heterocycles. The van der Waals surface area contributed by atoms with Crippen molar-refractivity contribution in [2.24, 2.45) is 0 Å². The number of nitrogen functional groups attached to an aromatic ring is 1. The van der Waals surface area contributed by atoms with Crippen LogP contribution < -0.4 is 11.1 Å². The van der Waals surface area contributed by atoms with E-state index in [4.69, 9.17) is 5.73 Å². The lowest BCUT2D eigenvalue weighted by molar-refractivity contribution is -0.127. The lowest BCUT2D eigenvalue weighted by atomic mass is 10.3. The van der Waals surface area contributed by atoms with Crippen LogP contribution in [-0.2, 0) is 11.3 Å². The highest BCUT2D eigenvalue weighted by atomic mass is 16.2. The van der Waals surface area contributed by atoms with Crippen LogP contribution in [-0.4, -0.2) is 40.4 Å². The number of nitrogens with one attached hydrogen (secondary N) is 1. The van der Waals surface area contributed by atoms with E-state index in [9.17, 15) is 4.79 Å². The smallest absolute Gasteiger partial charge is 0.222 e. The van der Waals surface area contributed by atoms with Gasteiger partial charge >= 0.3 is 0 Å². The van der Waals surface area contributed by atoms with Gasteiger partial charge in [0.25, 0.3) is 0 Å². The zero-order valence-corrected chi connectivity index (χ0v) is 10.4. The predicted molar refractivity (Wildman–Crippen MR) is 68.6 cm³/mol. The molecule has 1 amide bonds. The van der Waals surface area contributed by atoms with Crippen molar-refractivity contribution >= 4 is 11.9 Å². The Labute approximate surface area is 107 Å². The van der Waals surface area contributed by atoms with Crippen LogP contribution in [0.5, 0.6) is 0 Å². The van der Waals surface area contributed by atoms with Gasteiger partial charge in [-0.1, -0.05) is 0 Å². The van der Waals surface area contributed by atoms with Gasteiger partial charge in [-0.2, -0.15) is 0 Å². The van der Waals surface area contributed by atoms with Crippen LogP contribution in [0.25, 0.3) is 0 Å². The van der Waals surface area contributed by atoms with Gasteiger partial charge in [-0.25, -0.2) is 9.97 Å². The molecule has 1 aliphatic rings. The number of rotatable bonds is 6. The molecular weight excluding hydrogens is 230 g/mol. The van der Waals surface area contributed by atoms with Crippen molar-refractivity contribution in [2.45, 2.75) is 25.8 Å². The highest BCUT2D eigenvalue weighted by molar-refractivity contribution is 5.77. The minimum atomic E-state index is 0.293. The second-order valence-corrected chi connectivity index (χ2v) is 4.46. The Kier molecular flexibility index (Phi) is 4.46. The van der Waals surface area contributed by atoms with E-state index in [0.717, 1.165) is 51.0 Å². The second-order valence-electron chi connectivity index (χ2n) is 4.46. The van der Waals surface area contributed by atoms with Crippen LogP contribution in [0.1, 0.15) is 24.8 Å². The molecule has 1 aromatic rings. The molecule has 0 spiro atoms. The fourth-order valence-corrected chi connectivity index (χ4v) is 2.02. The summed E-state index contributed by atoms with van der Waals surface area (Å²) >= 11 is 0. The van der Waals surface area contributed by atoms with Gasteiger partial charge in [0, 0.05) is 44.0 Å². The number of likely N-dealkylation sites (tertiary alicyclic amines) is 1. The Morgan fingerprint density at radius 2 is 2.17 bits per heavy atom. The molecule has 1 aromatic heterocycles. The average Bonchev–Trinajstić information content (AvgIpc) is 2.77. The first-order chi connectivity index (χ1) is 8.75. The van der Waals surface area contributed by atoms with Crippen LogP contribution in [0.2, 0.25) is 0 Å². The Morgan fingerprint density at radius 1 is 1.39 bits per heavy atom. The van der Waals surface area contributed by atoms with Gasteiger partial charge in [0.2, 0.25) is 11.9 Å². The first-order valence-electron chi connectivity index (χ1n) is 6.30. The van der Waals surface area contributed by atoms with E-state index < -0.39 is 0 Å². The SMILES string of the molecule is Nc1ncc(CNCCCN2CCCC2=O)cn1. The minimum Gasteiger partial charge on any atom is -0.368 e. The molecule has 0 radical (unpaired) electrons. The molecule has 98 valence electrons. The van der Waals surface area contributed by atoms with E-state index in [0.29, 0.717) is 11.9 Å². The molecule has 18 heavy (non-hydrogen) atoms. The molecule has 1 saturated heterocycles. The summed E-state index contributed by atoms with van der Waals surface area (Å²) in [6.45, 7) is 3.39. The molecule has 0 aliphatic carbocycles. The molecule has 2 rings (SSSR count). The highest BCUT2D eigenvalue weighted by Crippen LogP contribution is 2.09. The largest absolute Gasteiger partial charge is 0.368 e. The molecule has 0 saturated carbocycles. The average molecular weight is 249 g/mol. The first kappa shape index (κ1) is 12.8. The summed E-state index contributed by atoms with van der Waals surface area (Å²) in [5.74, 6) is 0.591. The van der Waals surface area contributed by atoms with E-state index in [1.54, 1.807) is 12.4 Å². The van der Waals surface area contributed by atoms with Gasteiger partial charge in [0.15, 0.2) is 0 Å². The predicted octanol–water partition coefficient (Wildman–Crippen LogP) is 0.161. The van der Waals surface area contributed by atoms with Crippen LogP contribution >= 0.6 is 0 Å². The second kappa shape index (κ2) is 6.30. The van der Waals surface area contributed by atoms with Crippen LogP contribution in [0.4, 0.5) is 5.95 Å². The molecule has 6 heteroatoms. The maximum absolute atomic E-state index is 11.4. The maximum atomic E-state index is 11.4. The lowest BCUT2D eigenvalue weighted by Gasteiger charge is -2.15. The number of carbonyl (C=O) groups excluding carboxylic acids is 1. The summed E-state index contributed by atoms with van der Waals surface area (Å²) in [6.07, 6.45) is 6.14. The summed E-state index contributed by atoms with van der Waals surface area (Å²) in [5.41, 5.74) is 6.42. The zero-order valence-electron chi connectivity index (χ0n) is 10.4. The van der Waals surface area contributed by atoms with Crippen molar-refractivity contribution < 1.29 is 4.79 Å². The van der Waals surface area contributed by atoms with Gasteiger partial charge in [-0.15, -0.1) is 0 Å². The minimum absolute atomic E-state index is 0.293. The summed E-state index contributed by atoms with van der Waals surface area (Å²) < 4.78 is 0. The Balaban J connectivity index is 1.58. The summed E-state index contributed by atoms with van der Waals surface area (Å²) in [4.78, 5) is 21.2. The molecule has 0 unspecified atom stereocenters. The van der Waals surface area contributed by atoms with E-state index in [1.807, 2.05) is 4.90 Å². The van der Waals surface area contributed by atoms with Crippen molar-refractivity contribution in [1.29, 1.82) is 0 Å². The fraction of sp³-hybridized carbons (Fsp3) is 0.583. The number of nitrogens with two attached hydrogens (primary N) is 1. The Bertz CT molecular complexity index is 392. The van der Waals surface area contributed by atoms with Gasteiger partial charge in [0.1, 0.15) is 0 Å². The first-order valence-corrected chi connectivity index (χ1v) is 6.30. The number of hydrogen-bond donors (Lipinski definition) is 2. The molecular formula is C12H19N5O. The normalized spacial score (nSPS) is 15.3. The maximum Gasteiger partial charge on any atom is 0.222 e. The number of aromatic nitrogens is 2. The molecule has 0 bridgehead atoms. The van der Waals surface area contributed by atoms with Crippen LogP contribution in [0, 0.1) is 0 Å². The number of nitrogens with zero attached hydrogens (tertiary/aromatic N) is 3. The molecule has 3 N–H and O–H groups in total. The summed E-state index contributed by atoms with van der Waals surface area (Å²) in [5, 5.41) is 3.30. The van der Waals surface area contributed by atoms with Gasteiger partial charge in [0.05, 0.1) is 0 Å². The number of amides is 1. The molecule has 6 nitrogen and oxygen atoms in total. The van der Waals surface area contributed by atoms with Gasteiger partial charge in [-0.3, -0.25) is 4.79 Å². The van der Waals surface area contributed by atoms with Gasteiger partial charge < -0.3 is 16.0 Å². The Hall–Kier alpha value is -1.69. The van der Waals surface area contributed by atoms with E-state index in [1.165, 1.54) is 0 Å². The number of hydrogen-bond acceptors (Lipinski definition) is 5. The third-order valence-electron chi connectivity index (χ3n) is 3.01. The standard InChI is InChI=1S/C12H19N5O/c13-12-15-8-10(9-16-12)7-14-4-2-6-17-5-1-3-11(17)18/h8-9,14H,1-7H2,(H2,13,15,16). The monoisotopic (exact) mass is 249 g/mol. The quantitative estimate of drug-likeness (QED) is 0.702. The topological polar surface area (TPSA) is 84.1 Å². The van der Waals surface area contributed by atoms with Crippen molar-refractivity contribution in [3.05, 3.63) is 18.0 Å². The van der Waals surface area contributed by atoms with E-state index >= 15 is 0 Å². The molecule has 0 aromatic carbocycles. The number of anilines is 1. The summed E-state index contributed by atoms with van der Waals surface area (Å²) in [6, 6.07) is 0. The molecule has 1 aliphatic heterocycles. The molecule has 0 atom stereocenters. The lowest BCUT2D eigenvalue weighted by Crippen LogP contribution is -2.28. The van der Waals surface area contributed by atoms with E-state index in [2.05, 4.69) is 15.3 Å². The molecule has 1 fully saturated rings. The zero-order chi connectivity index (χ0) is 12.8. The van der Waals surface area contributed by atoms with Gasteiger partial charge in [-0.05, 0) is 19.4 Å². The van der Waals surface area contributed by atoms with Crippen molar-refractivity contribution in [3.8, 4) is 0 Å². The van der Waals surface area contributed by atoms with E-state index in [-0.39, 0.29) is 0 Å². The highest BCUT2D eigenvalue weighted by Gasteiger charge is 2.18. The third kappa shape index (κ3) is 3.66. The van der Waals surface area contributed by atoms with Crippen molar-refractivity contribution in [3.63, 3.8) is 0 Å². The fourth-order valence-electron chi connectivity index (χ4n) is 2.02. The van der Waals surface area contributed by atoms with Crippen LogP contribution in [0.15, 0.2) is 12.4 Å². The summed E-state index contributed by atoms with van der Waals surface area (Å²) in [7, 11) is 0. The number of carbonyl (C=O) groups is 1. The van der Waals surface area contributed by atoms with Crippen molar-refractivity contribution in [1.82, 2.24) is 20.2 Å². The third-order valence-corrected chi connectivity index (χ3v) is 3.01. The Morgan fingerprint density at radius 3 is 2.83 bits per heavy atom.